The second-order valence-electron chi connectivity index (χ2n) is 9.38. The molecular weight excluding hydrogens is 434 g/mol. The average Bonchev–Trinajstić information content (AvgIpc) is 2.89. The second kappa shape index (κ2) is 10.7. The average molecular weight is 468 g/mol. The first-order valence-electron chi connectivity index (χ1n) is 12.4. The van der Waals surface area contributed by atoms with E-state index in [9.17, 15) is 0 Å². The molecule has 1 aliphatic carbocycles. The van der Waals surface area contributed by atoms with Crippen LogP contribution >= 0.6 is 0 Å². The molecule has 0 saturated heterocycles. The molecule has 0 radical (unpaired) electrons. The Labute approximate surface area is 207 Å². The van der Waals surface area contributed by atoms with Crippen molar-refractivity contribution in [3.05, 3.63) is 84.4 Å². The third-order valence-corrected chi connectivity index (χ3v) is 6.59. The Morgan fingerprint density at radius 3 is 2.29 bits per heavy atom. The van der Waals surface area contributed by atoms with Crippen molar-refractivity contribution in [3.63, 3.8) is 0 Å². The van der Waals surface area contributed by atoms with Crippen molar-refractivity contribution >= 4 is 22.7 Å². The molecule has 1 saturated carbocycles. The molecule has 0 aliphatic heterocycles. The molecule has 0 amide bonds. The molecule has 180 valence electrons. The van der Waals surface area contributed by atoms with Crippen molar-refractivity contribution in [2.45, 2.75) is 44.3 Å². The molecule has 0 atom stereocenters. The third kappa shape index (κ3) is 5.72. The van der Waals surface area contributed by atoms with Gasteiger partial charge in [-0.25, -0.2) is 4.98 Å². The summed E-state index contributed by atoms with van der Waals surface area (Å²) in [5, 5.41) is 8.43. The van der Waals surface area contributed by atoms with Crippen LogP contribution in [0, 0.1) is 0 Å². The van der Waals surface area contributed by atoms with E-state index in [0.717, 1.165) is 66.4 Å². The number of anilines is 2. The van der Waals surface area contributed by atoms with E-state index in [0.29, 0.717) is 12.1 Å². The first-order chi connectivity index (χ1) is 17.2. The van der Waals surface area contributed by atoms with Gasteiger partial charge in [-0.2, -0.15) is 4.98 Å². The van der Waals surface area contributed by atoms with Crippen molar-refractivity contribution in [3.8, 4) is 11.5 Å². The van der Waals surface area contributed by atoms with Crippen LogP contribution in [0.1, 0.15) is 31.2 Å². The maximum Gasteiger partial charge on any atom is 0.225 e. The molecule has 6 nitrogen and oxygen atoms in total. The monoisotopic (exact) mass is 467 g/mol. The van der Waals surface area contributed by atoms with Crippen LogP contribution in [0.4, 0.5) is 11.8 Å². The first-order valence-corrected chi connectivity index (χ1v) is 12.4. The minimum Gasteiger partial charge on any atom is -0.457 e. The Bertz CT molecular complexity index is 1250. The summed E-state index contributed by atoms with van der Waals surface area (Å²) < 4.78 is 6.12. The van der Waals surface area contributed by atoms with Gasteiger partial charge in [0, 0.05) is 43.7 Å². The van der Waals surface area contributed by atoms with Gasteiger partial charge in [0.05, 0.1) is 5.52 Å². The van der Waals surface area contributed by atoms with E-state index in [1.807, 2.05) is 68.7 Å². The molecule has 6 heteroatoms. The van der Waals surface area contributed by atoms with Crippen molar-refractivity contribution in [2.24, 2.45) is 0 Å². The van der Waals surface area contributed by atoms with Crippen LogP contribution in [0.25, 0.3) is 10.9 Å². The molecule has 2 N–H and O–H groups in total. The molecule has 1 aromatic heterocycles. The summed E-state index contributed by atoms with van der Waals surface area (Å²) in [5.74, 6) is 3.44. The maximum atomic E-state index is 6.12. The quantitative estimate of drug-likeness (QED) is 0.331. The highest BCUT2D eigenvalue weighted by Crippen LogP contribution is 2.28. The molecule has 1 fully saturated rings. The van der Waals surface area contributed by atoms with Crippen LogP contribution in [0.2, 0.25) is 0 Å². The van der Waals surface area contributed by atoms with Gasteiger partial charge < -0.3 is 20.3 Å². The van der Waals surface area contributed by atoms with Crippen LogP contribution in [-0.4, -0.2) is 36.1 Å². The van der Waals surface area contributed by atoms with Crippen molar-refractivity contribution in [1.29, 1.82) is 0 Å². The lowest BCUT2D eigenvalue weighted by atomic mass is 9.91. The van der Waals surface area contributed by atoms with Gasteiger partial charge in [0.2, 0.25) is 5.95 Å². The Hall–Kier alpha value is -3.64. The van der Waals surface area contributed by atoms with E-state index in [1.165, 1.54) is 5.56 Å². The van der Waals surface area contributed by atoms with Crippen molar-refractivity contribution < 1.29 is 4.74 Å². The maximum absolute atomic E-state index is 6.12. The van der Waals surface area contributed by atoms with Gasteiger partial charge in [-0.1, -0.05) is 48.5 Å². The van der Waals surface area contributed by atoms with E-state index in [1.54, 1.807) is 0 Å². The van der Waals surface area contributed by atoms with Gasteiger partial charge in [0.1, 0.15) is 17.3 Å². The standard InChI is InChI=1S/C29H33N5O/c1-34(2)28-25-13-7-8-14-26(25)32-29(33-28)31-23-18-16-22(17-19-23)30-20-21-10-6-9-15-27(21)35-24-11-4-3-5-12-24/h3-15,22-23,30H,16-20H2,1-2H3,(H,31,32,33). The number of fused-ring (bicyclic) bond motifs is 1. The molecule has 0 unspecified atom stereocenters. The summed E-state index contributed by atoms with van der Waals surface area (Å²) in [5.41, 5.74) is 2.15. The molecule has 3 aromatic carbocycles. The van der Waals surface area contributed by atoms with E-state index < -0.39 is 0 Å². The number of benzene rings is 3. The predicted molar refractivity (Wildman–Crippen MR) is 143 cm³/mol. The highest BCUT2D eigenvalue weighted by Gasteiger charge is 2.22. The number of rotatable bonds is 8. The van der Waals surface area contributed by atoms with Crippen LogP contribution in [0.15, 0.2) is 78.9 Å². The molecule has 1 aliphatic rings. The number of ether oxygens (including phenoxy) is 1. The van der Waals surface area contributed by atoms with Gasteiger partial charge in [0.15, 0.2) is 0 Å². The van der Waals surface area contributed by atoms with Gasteiger partial charge in [-0.15, -0.1) is 0 Å². The van der Waals surface area contributed by atoms with Gasteiger partial charge in [-0.3, -0.25) is 0 Å². The Morgan fingerprint density at radius 2 is 1.49 bits per heavy atom. The number of aromatic nitrogens is 2. The zero-order valence-corrected chi connectivity index (χ0v) is 20.4. The molecular formula is C29H33N5O. The lowest BCUT2D eigenvalue weighted by Crippen LogP contribution is -2.37. The van der Waals surface area contributed by atoms with Crippen molar-refractivity contribution in [2.75, 3.05) is 24.3 Å². The summed E-state index contributed by atoms with van der Waals surface area (Å²) >= 11 is 0. The van der Waals surface area contributed by atoms with E-state index in [-0.39, 0.29) is 0 Å². The van der Waals surface area contributed by atoms with Gasteiger partial charge >= 0.3 is 0 Å². The molecule has 0 spiro atoms. The normalized spacial score (nSPS) is 17.8. The molecule has 1 heterocycles. The van der Waals surface area contributed by atoms with Gasteiger partial charge in [0.25, 0.3) is 0 Å². The fraction of sp³-hybridized carbons (Fsp3) is 0.310. The number of hydrogen-bond acceptors (Lipinski definition) is 6. The number of nitrogens with zero attached hydrogens (tertiary/aromatic N) is 3. The third-order valence-electron chi connectivity index (χ3n) is 6.59. The molecule has 0 bridgehead atoms. The van der Waals surface area contributed by atoms with Gasteiger partial charge in [-0.05, 0) is 56.0 Å². The highest BCUT2D eigenvalue weighted by atomic mass is 16.5. The summed E-state index contributed by atoms with van der Waals surface area (Å²) in [7, 11) is 4.05. The zero-order chi connectivity index (χ0) is 24.0. The Balaban J connectivity index is 1.16. The summed E-state index contributed by atoms with van der Waals surface area (Å²) in [4.78, 5) is 11.6. The van der Waals surface area contributed by atoms with Crippen LogP contribution < -0.4 is 20.3 Å². The van der Waals surface area contributed by atoms with E-state index >= 15 is 0 Å². The Kier molecular flexibility index (Phi) is 7.09. The lowest BCUT2D eigenvalue weighted by Gasteiger charge is -2.30. The van der Waals surface area contributed by atoms with Crippen LogP contribution in [0.5, 0.6) is 11.5 Å². The lowest BCUT2D eigenvalue weighted by molar-refractivity contribution is 0.350. The fourth-order valence-electron chi connectivity index (χ4n) is 4.71. The smallest absolute Gasteiger partial charge is 0.225 e. The summed E-state index contributed by atoms with van der Waals surface area (Å²) in [6.45, 7) is 0.797. The zero-order valence-electron chi connectivity index (χ0n) is 20.4. The summed E-state index contributed by atoms with van der Waals surface area (Å²) in [6.07, 6.45) is 4.42. The SMILES string of the molecule is CN(C)c1nc(NC2CCC(NCc3ccccc3Oc3ccccc3)CC2)nc2ccccc12. The molecule has 4 aromatic rings. The number of para-hydroxylation sites is 3. The Morgan fingerprint density at radius 1 is 0.800 bits per heavy atom. The molecule has 35 heavy (non-hydrogen) atoms. The van der Waals surface area contributed by atoms with Crippen LogP contribution in [-0.2, 0) is 6.54 Å². The first kappa shape index (κ1) is 23.1. The predicted octanol–water partition coefficient (Wildman–Crippen LogP) is 6.00. The minimum absolute atomic E-state index is 0.387. The largest absolute Gasteiger partial charge is 0.457 e. The van der Waals surface area contributed by atoms with Crippen molar-refractivity contribution in [1.82, 2.24) is 15.3 Å². The fourth-order valence-corrected chi connectivity index (χ4v) is 4.71. The van der Waals surface area contributed by atoms with Crippen LogP contribution in [0.3, 0.4) is 0 Å². The summed E-state index contributed by atoms with van der Waals surface area (Å²) in [6, 6.07) is 27.3. The van der Waals surface area contributed by atoms with E-state index in [4.69, 9.17) is 14.7 Å². The highest BCUT2D eigenvalue weighted by molar-refractivity contribution is 5.90. The van der Waals surface area contributed by atoms with E-state index in [2.05, 4.69) is 39.8 Å². The minimum atomic E-state index is 0.387. The second-order valence-corrected chi connectivity index (χ2v) is 9.38. The number of hydrogen-bond donors (Lipinski definition) is 2. The topological polar surface area (TPSA) is 62.3 Å². The number of nitrogens with one attached hydrogen (secondary N) is 2. The molecule has 5 rings (SSSR count).